The molecule has 0 aliphatic carbocycles. The number of carbonyl (C=O) groups excluding carboxylic acids is 1. The highest BCUT2D eigenvalue weighted by molar-refractivity contribution is 7.20. The Morgan fingerprint density at radius 1 is 1.27 bits per heavy atom. The molecular formula is C17H23N3OS. The van der Waals surface area contributed by atoms with Crippen molar-refractivity contribution in [2.45, 2.75) is 59.4 Å². The van der Waals surface area contributed by atoms with Crippen molar-refractivity contribution in [3.63, 3.8) is 0 Å². The van der Waals surface area contributed by atoms with Gasteiger partial charge in [-0.2, -0.15) is 0 Å². The molecule has 22 heavy (non-hydrogen) atoms. The smallest absolute Gasteiger partial charge is 0.264 e. The molecule has 4 nitrogen and oxygen atoms in total. The van der Waals surface area contributed by atoms with E-state index < -0.39 is 0 Å². The van der Waals surface area contributed by atoms with Crippen molar-refractivity contribution < 1.29 is 4.79 Å². The first-order valence-corrected chi connectivity index (χ1v) is 8.89. The molecule has 1 fully saturated rings. The summed E-state index contributed by atoms with van der Waals surface area (Å²) in [7, 11) is 0. The summed E-state index contributed by atoms with van der Waals surface area (Å²) in [6, 6.07) is 0.389. The lowest BCUT2D eigenvalue weighted by Crippen LogP contribution is -2.43. The Morgan fingerprint density at radius 2 is 2.05 bits per heavy atom. The van der Waals surface area contributed by atoms with Crippen LogP contribution in [0.1, 0.15) is 59.4 Å². The van der Waals surface area contributed by atoms with Crippen molar-refractivity contribution in [1.29, 1.82) is 0 Å². The van der Waals surface area contributed by atoms with Gasteiger partial charge in [0.15, 0.2) is 0 Å². The minimum atomic E-state index is 0.184. The van der Waals surface area contributed by atoms with Gasteiger partial charge in [0.1, 0.15) is 10.7 Å². The van der Waals surface area contributed by atoms with Gasteiger partial charge in [-0.3, -0.25) is 4.79 Å². The van der Waals surface area contributed by atoms with Crippen LogP contribution in [-0.2, 0) is 0 Å². The topological polar surface area (TPSA) is 46.1 Å². The number of amides is 1. The van der Waals surface area contributed by atoms with E-state index in [0.717, 1.165) is 58.0 Å². The Kier molecular flexibility index (Phi) is 4.17. The number of hydrogen-bond donors (Lipinski definition) is 0. The average Bonchev–Trinajstić information content (AvgIpc) is 2.83. The highest BCUT2D eigenvalue weighted by Crippen LogP contribution is 2.33. The van der Waals surface area contributed by atoms with Gasteiger partial charge in [0, 0.05) is 23.7 Å². The molecule has 0 spiro atoms. The summed E-state index contributed by atoms with van der Waals surface area (Å²) < 4.78 is 0. The Labute approximate surface area is 135 Å². The van der Waals surface area contributed by atoms with E-state index in [1.165, 1.54) is 17.8 Å². The molecule has 1 saturated heterocycles. The Morgan fingerprint density at radius 3 is 2.77 bits per heavy atom. The lowest BCUT2D eigenvalue weighted by Gasteiger charge is -2.35. The lowest BCUT2D eigenvalue weighted by molar-refractivity contribution is 0.0612. The maximum atomic E-state index is 13.0. The van der Waals surface area contributed by atoms with Crippen LogP contribution in [0.5, 0.6) is 0 Å². The minimum absolute atomic E-state index is 0.184. The number of likely N-dealkylation sites (tertiary alicyclic amines) is 1. The van der Waals surface area contributed by atoms with E-state index in [-0.39, 0.29) is 5.91 Å². The lowest BCUT2D eigenvalue weighted by atomic mass is 9.99. The van der Waals surface area contributed by atoms with Crippen molar-refractivity contribution >= 4 is 27.5 Å². The van der Waals surface area contributed by atoms with E-state index in [1.807, 2.05) is 20.8 Å². The number of hydrogen-bond acceptors (Lipinski definition) is 4. The standard InChI is InChI=1S/C17H23N3OS/c1-5-13-8-6-7-9-20(13)17(21)15-10(2)14-11(3)18-12(4)19-16(14)22-15/h13H,5-9H2,1-4H3. The molecule has 1 unspecified atom stereocenters. The summed E-state index contributed by atoms with van der Waals surface area (Å²) in [5.74, 6) is 0.957. The summed E-state index contributed by atoms with van der Waals surface area (Å²) >= 11 is 1.52. The highest BCUT2D eigenvalue weighted by atomic mass is 32.1. The molecule has 3 heterocycles. The van der Waals surface area contributed by atoms with E-state index in [0.29, 0.717) is 6.04 Å². The second-order valence-electron chi connectivity index (χ2n) is 6.15. The van der Waals surface area contributed by atoms with E-state index in [2.05, 4.69) is 21.8 Å². The van der Waals surface area contributed by atoms with Crippen molar-refractivity contribution in [2.24, 2.45) is 0 Å². The van der Waals surface area contributed by atoms with Crippen molar-refractivity contribution in [1.82, 2.24) is 14.9 Å². The second-order valence-corrected chi connectivity index (χ2v) is 7.15. The first-order valence-electron chi connectivity index (χ1n) is 8.08. The maximum absolute atomic E-state index is 13.0. The molecule has 3 rings (SSSR count). The zero-order valence-corrected chi connectivity index (χ0v) is 14.6. The van der Waals surface area contributed by atoms with Gasteiger partial charge >= 0.3 is 0 Å². The van der Waals surface area contributed by atoms with Gasteiger partial charge in [-0.15, -0.1) is 11.3 Å². The monoisotopic (exact) mass is 317 g/mol. The SMILES string of the molecule is CCC1CCCCN1C(=O)c1sc2nc(C)nc(C)c2c1C. The molecule has 0 N–H and O–H groups in total. The third kappa shape index (κ3) is 2.51. The van der Waals surface area contributed by atoms with E-state index in [4.69, 9.17) is 0 Å². The number of aromatic nitrogens is 2. The van der Waals surface area contributed by atoms with E-state index >= 15 is 0 Å². The molecule has 0 radical (unpaired) electrons. The van der Waals surface area contributed by atoms with Gasteiger partial charge in [0.05, 0.1) is 4.88 Å². The summed E-state index contributed by atoms with van der Waals surface area (Å²) in [6.07, 6.45) is 4.51. The first kappa shape index (κ1) is 15.4. The van der Waals surface area contributed by atoms with Crippen LogP contribution in [0.3, 0.4) is 0 Å². The number of piperidine rings is 1. The number of nitrogens with zero attached hydrogens (tertiary/aromatic N) is 3. The molecule has 0 aromatic carbocycles. The van der Waals surface area contributed by atoms with Gasteiger partial charge in [-0.1, -0.05) is 6.92 Å². The molecule has 0 bridgehead atoms. The predicted molar refractivity (Wildman–Crippen MR) is 90.6 cm³/mol. The fourth-order valence-corrected chi connectivity index (χ4v) is 4.73. The second kappa shape index (κ2) is 5.95. The van der Waals surface area contributed by atoms with E-state index in [9.17, 15) is 4.79 Å². The zero-order valence-electron chi connectivity index (χ0n) is 13.8. The summed E-state index contributed by atoms with van der Waals surface area (Å²) in [5, 5.41) is 1.06. The molecule has 2 aromatic heterocycles. The number of carbonyl (C=O) groups is 1. The van der Waals surface area contributed by atoms with Crippen LogP contribution in [0.2, 0.25) is 0 Å². The number of thiophene rings is 1. The van der Waals surface area contributed by atoms with Crippen molar-refractivity contribution in [2.75, 3.05) is 6.54 Å². The van der Waals surface area contributed by atoms with Crippen LogP contribution < -0.4 is 0 Å². The Hall–Kier alpha value is -1.49. The van der Waals surface area contributed by atoms with E-state index in [1.54, 1.807) is 0 Å². The molecule has 5 heteroatoms. The van der Waals surface area contributed by atoms with Crippen LogP contribution in [0.25, 0.3) is 10.2 Å². The summed E-state index contributed by atoms with van der Waals surface area (Å²) in [5.41, 5.74) is 2.02. The fourth-order valence-electron chi connectivity index (χ4n) is 3.50. The quantitative estimate of drug-likeness (QED) is 0.840. The third-order valence-corrected chi connectivity index (χ3v) is 5.81. The Bertz CT molecular complexity index is 722. The van der Waals surface area contributed by atoms with Gasteiger partial charge in [-0.05, 0) is 52.0 Å². The van der Waals surface area contributed by atoms with Crippen molar-refractivity contribution in [3.05, 3.63) is 22.0 Å². The van der Waals surface area contributed by atoms with Gasteiger partial charge < -0.3 is 4.90 Å². The molecule has 1 aliphatic heterocycles. The number of aryl methyl sites for hydroxylation is 3. The van der Waals surface area contributed by atoms with Crippen molar-refractivity contribution in [3.8, 4) is 0 Å². The maximum Gasteiger partial charge on any atom is 0.264 e. The molecule has 1 amide bonds. The number of rotatable bonds is 2. The van der Waals surface area contributed by atoms with Crippen LogP contribution in [0.15, 0.2) is 0 Å². The molecule has 2 aromatic rings. The van der Waals surface area contributed by atoms with Crippen LogP contribution in [0, 0.1) is 20.8 Å². The van der Waals surface area contributed by atoms with Crippen LogP contribution in [0.4, 0.5) is 0 Å². The zero-order chi connectivity index (χ0) is 15.9. The Balaban J connectivity index is 2.04. The summed E-state index contributed by atoms with van der Waals surface area (Å²) in [6.45, 7) is 8.99. The molecular weight excluding hydrogens is 294 g/mol. The van der Waals surface area contributed by atoms with Gasteiger partial charge in [0.25, 0.3) is 5.91 Å². The summed E-state index contributed by atoms with van der Waals surface area (Å²) in [4.78, 5) is 25.9. The molecule has 118 valence electrons. The molecule has 0 saturated carbocycles. The van der Waals surface area contributed by atoms with Gasteiger partial charge in [-0.25, -0.2) is 9.97 Å². The average molecular weight is 317 g/mol. The molecule has 1 atom stereocenters. The largest absolute Gasteiger partial charge is 0.335 e. The highest BCUT2D eigenvalue weighted by Gasteiger charge is 2.29. The predicted octanol–water partition coefficient (Wildman–Crippen LogP) is 4.02. The third-order valence-electron chi connectivity index (χ3n) is 4.64. The van der Waals surface area contributed by atoms with Gasteiger partial charge in [0.2, 0.25) is 0 Å². The fraction of sp³-hybridized carbons (Fsp3) is 0.588. The normalized spacial score (nSPS) is 18.9. The van der Waals surface area contributed by atoms with Crippen LogP contribution in [-0.4, -0.2) is 33.4 Å². The number of fused-ring (bicyclic) bond motifs is 1. The van der Waals surface area contributed by atoms with Crippen LogP contribution >= 0.6 is 11.3 Å². The first-order chi connectivity index (χ1) is 10.5. The minimum Gasteiger partial charge on any atom is -0.335 e. The molecule has 1 aliphatic rings.